The van der Waals surface area contributed by atoms with E-state index in [1.54, 1.807) is 0 Å². The Balaban J connectivity index is 0.00000300. The second-order valence-corrected chi connectivity index (χ2v) is 8.03. The monoisotopic (exact) mass is 517 g/mol. The fourth-order valence-corrected chi connectivity index (χ4v) is 3.39. The number of guanidine groups is 1. The summed E-state index contributed by atoms with van der Waals surface area (Å²) in [5.74, 6) is 2.83. The van der Waals surface area contributed by atoms with Gasteiger partial charge in [-0.1, -0.05) is 19.9 Å². The smallest absolute Gasteiger partial charge is 0.213 e. The highest BCUT2D eigenvalue weighted by atomic mass is 127. The predicted octanol–water partition coefficient (Wildman–Crippen LogP) is 2.51. The van der Waals surface area contributed by atoms with E-state index in [2.05, 4.69) is 45.4 Å². The highest BCUT2D eigenvalue weighted by Crippen LogP contribution is 2.29. The molecule has 164 valence electrons. The van der Waals surface area contributed by atoms with Crippen LogP contribution in [0.2, 0.25) is 0 Å². The lowest BCUT2D eigenvalue weighted by Crippen LogP contribution is -2.52. The van der Waals surface area contributed by atoms with Crippen LogP contribution >= 0.6 is 24.0 Å². The number of hydrogen-bond acceptors (Lipinski definition) is 5. The van der Waals surface area contributed by atoms with Crippen molar-refractivity contribution in [3.8, 4) is 5.88 Å². The summed E-state index contributed by atoms with van der Waals surface area (Å²) in [5.41, 5.74) is 1.11. The van der Waals surface area contributed by atoms with E-state index in [0.717, 1.165) is 56.9 Å². The number of aromatic nitrogens is 1. The van der Waals surface area contributed by atoms with E-state index >= 15 is 0 Å². The van der Waals surface area contributed by atoms with Crippen LogP contribution in [0.3, 0.4) is 0 Å². The molecule has 1 aliphatic carbocycles. The summed E-state index contributed by atoms with van der Waals surface area (Å²) in [6.07, 6.45) is 4.45. The fraction of sp³-hybridized carbons (Fsp3) is 0.714. The molecule has 0 spiro atoms. The molecule has 29 heavy (non-hydrogen) atoms. The van der Waals surface area contributed by atoms with Gasteiger partial charge >= 0.3 is 0 Å². The molecule has 2 heterocycles. The Morgan fingerprint density at radius 3 is 2.62 bits per heavy atom. The van der Waals surface area contributed by atoms with Gasteiger partial charge in [-0.15, -0.1) is 24.0 Å². The Hall–Kier alpha value is -1.13. The molecule has 1 aromatic rings. The molecular formula is C21H36IN5O2. The maximum atomic E-state index is 5.70. The summed E-state index contributed by atoms with van der Waals surface area (Å²) in [7, 11) is 1.81. The lowest BCUT2D eigenvalue weighted by atomic mass is 10.0. The summed E-state index contributed by atoms with van der Waals surface area (Å²) >= 11 is 0. The van der Waals surface area contributed by atoms with Crippen LogP contribution in [0.25, 0.3) is 0 Å². The van der Waals surface area contributed by atoms with E-state index in [1.165, 1.54) is 12.8 Å². The summed E-state index contributed by atoms with van der Waals surface area (Å²) in [4.78, 5) is 11.3. The summed E-state index contributed by atoms with van der Waals surface area (Å²) in [5, 5.41) is 6.86. The maximum absolute atomic E-state index is 5.70. The molecule has 1 aromatic heterocycles. The van der Waals surface area contributed by atoms with Crippen LogP contribution < -0.4 is 15.4 Å². The third-order valence-electron chi connectivity index (χ3n) is 5.41. The summed E-state index contributed by atoms with van der Waals surface area (Å²) in [6, 6.07) is 4.47. The number of ether oxygens (including phenoxy) is 2. The summed E-state index contributed by atoms with van der Waals surface area (Å²) in [6.45, 7) is 10.5. The van der Waals surface area contributed by atoms with Crippen molar-refractivity contribution < 1.29 is 9.47 Å². The van der Waals surface area contributed by atoms with E-state index in [4.69, 9.17) is 9.47 Å². The van der Waals surface area contributed by atoms with Crippen molar-refractivity contribution in [3.63, 3.8) is 0 Å². The molecule has 0 bridgehead atoms. The highest BCUT2D eigenvalue weighted by molar-refractivity contribution is 14.0. The van der Waals surface area contributed by atoms with E-state index in [-0.39, 0.29) is 24.0 Å². The van der Waals surface area contributed by atoms with Crippen LogP contribution in [-0.4, -0.2) is 68.4 Å². The topological polar surface area (TPSA) is 71.0 Å². The van der Waals surface area contributed by atoms with Crippen LogP contribution in [-0.2, 0) is 11.3 Å². The molecule has 2 N–H and O–H groups in total. The van der Waals surface area contributed by atoms with Gasteiger partial charge in [-0.25, -0.2) is 4.98 Å². The molecule has 1 unspecified atom stereocenters. The van der Waals surface area contributed by atoms with E-state index in [1.807, 2.05) is 19.3 Å². The lowest BCUT2D eigenvalue weighted by molar-refractivity contribution is 0.00752. The Kier molecular flexibility index (Phi) is 10.4. The van der Waals surface area contributed by atoms with Crippen LogP contribution in [0.5, 0.6) is 5.88 Å². The fourth-order valence-electron chi connectivity index (χ4n) is 3.39. The Morgan fingerprint density at radius 1 is 1.28 bits per heavy atom. The van der Waals surface area contributed by atoms with Crippen molar-refractivity contribution in [2.45, 2.75) is 39.3 Å². The van der Waals surface area contributed by atoms with E-state index < -0.39 is 0 Å². The van der Waals surface area contributed by atoms with Crippen molar-refractivity contribution in [1.82, 2.24) is 20.5 Å². The first kappa shape index (κ1) is 24.1. The number of morpholine rings is 1. The standard InChI is InChI=1S/C21H35N5O2.HI/c1-16(2)19(26-8-10-27-11-9-26)14-25-21(22-3)24-13-18-6-7-20(23-12-18)28-15-17-4-5-17;/h6-7,12,16-17,19H,4-5,8-11,13-15H2,1-3H3,(H2,22,24,25);1H. The van der Waals surface area contributed by atoms with E-state index in [9.17, 15) is 0 Å². The van der Waals surface area contributed by atoms with Crippen LogP contribution in [0.4, 0.5) is 0 Å². The van der Waals surface area contributed by atoms with Crippen LogP contribution in [0.1, 0.15) is 32.3 Å². The average molecular weight is 517 g/mol. The molecular weight excluding hydrogens is 481 g/mol. The number of hydrogen-bond donors (Lipinski definition) is 2. The summed E-state index contributed by atoms with van der Waals surface area (Å²) < 4.78 is 11.2. The minimum atomic E-state index is 0. The second-order valence-electron chi connectivity index (χ2n) is 8.03. The zero-order chi connectivity index (χ0) is 19.8. The molecule has 3 rings (SSSR count). The average Bonchev–Trinajstić information content (AvgIpc) is 3.55. The van der Waals surface area contributed by atoms with Gasteiger partial charge in [0.2, 0.25) is 5.88 Å². The van der Waals surface area contributed by atoms with Gasteiger partial charge in [-0.2, -0.15) is 0 Å². The van der Waals surface area contributed by atoms with Gasteiger partial charge < -0.3 is 20.1 Å². The first-order valence-corrected chi connectivity index (χ1v) is 10.5. The van der Waals surface area contributed by atoms with Gasteiger partial charge in [0, 0.05) is 51.5 Å². The largest absolute Gasteiger partial charge is 0.477 e. The second kappa shape index (κ2) is 12.5. The van der Waals surface area contributed by atoms with Crippen LogP contribution in [0, 0.1) is 11.8 Å². The third-order valence-corrected chi connectivity index (χ3v) is 5.41. The molecule has 1 aliphatic heterocycles. The molecule has 1 saturated heterocycles. The molecule has 1 atom stereocenters. The first-order chi connectivity index (χ1) is 13.7. The molecule has 8 heteroatoms. The van der Waals surface area contributed by atoms with E-state index in [0.29, 0.717) is 24.4 Å². The van der Waals surface area contributed by atoms with Crippen molar-refractivity contribution >= 4 is 29.9 Å². The molecule has 0 aromatic carbocycles. The highest BCUT2D eigenvalue weighted by Gasteiger charge is 2.24. The molecule has 0 radical (unpaired) electrons. The maximum Gasteiger partial charge on any atom is 0.213 e. The lowest BCUT2D eigenvalue weighted by Gasteiger charge is -2.37. The number of aliphatic imine (C=N–C) groups is 1. The Labute approximate surface area is 192 Å². The van der Waals surface area contributed by atoms with Gasteiger partial charge in [0.15, 0.2) is 5.96 Å². The molecule has 0 amide bonds. The Morgan fingerprint density at radius 2 is 2.03 bits per heavy atom. The van der Waals surface area contributed by atoms with Gasteiger partial charge in [0.1, 0.15) is 0 Å². The SMILES string of the molecule is CN=C(NCc1ccc(OCC2CC2)nc1)NCC(C(C)C)N1CCOCC1.I. The van der Waals surface area contributed by atoms with Gasteiger partial charge in [-0.3, -0.25) is 9.89 Å². The molecule has 2 fully saturated rings. The quantitative estimate of drug-likeness (QED) is 0.298. The number of rotatable bonds is 9. The van der Waals surface area contributed by atoms with Gasteiger partial charge in [0.05, 0.1) is 19.8 Å². The minimum Gasteiger partial charge on any atom is -0.477 e. The molecule has 7 nitrogen and oxygen atoms in total. The minimum absolute atomic E-state index is 0. The van der Waals surface area contributed by atoms with Gasteiger partial charge in [-0.05, 0) is 30.2 Å². The number of pyridine rings is 1. The third kappa shape index (κ3) is 8.25. The van der Waals surface area contributed by atoms with Crippen molar-refractivity contribution in [3.05, 3.63) is 23.9 Å². The Bertz CT molecular complexity index is 616. The zero-order valence-corrected chi connectivity index (χ0v) is 20.2. The first-order valence-electron chi connectivity index (χ1n) is 10.5. The van der Waals surface area contributed by atoms with Gasteiger partial charge in [0.25, 0.3) is 0 Å². The predicted molar refractivity (Wildman–Crippen MR) is 127 cm³/mol. The van der Waals surface area contributed by atoms with Crippen molar-refractivity contribution in [1.29, 1.82) is 0 Å². The molecule has 1 saturated carbocycles. The normalized spacial score (nSPS) is 18.8. The number of halogens is 1. The van der Waals surface area contributed by atoms with Crippen molar-refractivity contribution in [2.75, 3.05) is 46.5 Å². The number of nitrogens with one attached hydrogen (secondary N) is 2. The molecule has 2 aliphatic rings. The van der Waals surface area contributed by atoms with Crippen LogP contribution in [0.15, 0.2) is 23.3 Å². The number of nitrogens with zero attached hydrogens (tertiary/aromatic N) is 3. The van der Waals surface area contributed by atoms with Crippen molar-refractivity contribution in [2.24, 2.45) is 16.8 Å². The zero-order valence-electron chi connectivity index (χ0n) is 17.9.